The molecule has 1 aromatic heterocycles. The van der Waals surface area contributed by atoms with Crippen molar-refractivity contribution in [3.8, 4) is 0 Å². The topological polar surface area (TPSA) is 41.1 Å². The molecule has 4 nitrogen and oxygen atoms in total. The molecule has 0 amide bonds. The standard InChI is InChI=1S/C11H18N4S/c1-12-11-14-13-10(16-11)7-15(9-4-5-9)6-8-2-3-8/h8-9H,2-7H2,1H3,(H,12,14). The molecule has 1 aromatic rings. The van der Waals surface area contributed by atoms with Crippen molar-refractivity contribution in [1.82, 2.24) is 15.1 Å². The fourth-order valence-electron chi connectivity index (χ4n) is 2.01. The van der Waals surface area contributed by atoms with E-state index in [9.17, 15) is 0 Å². The Morgan fingerprint density at radius 2 is 2.12 bits per heavy atom. The van der Waals surface area contributed by atoms with Crippen LogP contribution in [0, 0.1) is 5.92 Å². The lowest BCUT2D eigenvalue weighted by Crippen LogP contribution is -2.27. The van der Waals surface area contributed by atoms with Crippen LogP contribution < -0.4 is 5.32 Å². The molecule has 88 valence electrons. The zero-order valence-electron chi connectivity index (χ0n) is 9.65. The van der Waals surface area contributed by atoms with Gasteiger partial charge in [0.15, 0.2) is 0 Å². The van der Waals surface area contributed by atoms with E-state index in [1.54, 1.807) is 11.3 Å². The Bertz CT molecular complexity index is 357. The Labute approximate surface area is 100 Å². The highest BCUT2D eigenvalue weighted by atomic mass is 32.1. The van der Waals surface area contributed by atoms with Crippen molar-refractivity contribution in [2.45, 2.75) is 38.3 Å². The third kappa shape index (κ3) is 2.52. The molecule has 2 aliphatic rings. The Balaban J connectivity index is 1.60. The number of hydrogen-bond acceptors (Lipinski definition) is 5. The third-order valence-electron chi connectivity index (χ3n) is 3.27. The van der Waals surface area contributed by atoms with Crippen molar-refractivity contribution < 1.29 is 0 Å². The van der Waals surface area contributed by atoms with Gasteiger partial charge in [-0.1, -0.05) is 11.3 Å². The van der Waals surface area contributed by atoms with Crippen LogP contribution in [-0.2, 0) is 6.54 Å². The first-order valence-corrected chi connectivity index (χ1v) is 6.91. The van der Waals surface area contributed by atoms with E-state index in [0.717, 1.165) is 28.6 Å². The summed E-state index contributed by atoms with van der Waals surface area (Å²) in [6, 6.07) is 0.836. The van der Waals surface area contributed by atoms with Crippen LogP contribution in [0.5, 0.6) is 0 Å². The predicted molar refractivity (Wildman–Crippen MR) is 65.6 cm³/mol. The van der Waals surface area contributed by atoms with Gasteiger partial charge in [-0.2, -0.15) is 0 Å². The second-order valence-electron chi connectivity index (χ2n) is 4.85. The highest BCUT2D eigenvalue weighted by Gasteiger charge is 2.34. The van der Waals surface area contributed by atoms with Crippen LogP contribution >= 0.6 is 11.3 Å². The van der Waals surface area contributed by atoms with Crippen molar-refractivity contribution in [3.63, 3.8) is 0 Å². The van der Waals surface area contributed by atoms with Crippen molar-refractivity contribution in [1.29, 1.82) is 0 Å². The van der Waals surface area contributed by atoms with E-state index in [2.05, 4.69) is 20.4 Å². The SMILES string of the molecule is CNc1nnc(CN(CC2CC2)C2CC2)s1. The maximum absolute atomic E-state index is 4.23. The predicted octanol–water partition coefficient (Wildman–Crippen LogP) is 1.95. The first-order chi connectivity index (χ1) is 7.85. The van der Waals surface area contributed by atoms with Gasteiger partial charge >= 0.3 is 0 Å². The molecule has 0 aliphatic heterocycles. The Hall–Kier alpha value is -0.680. The van der Waals surface area contributed by atoms with Gasteiger partial charge in [0.2, 0.25) is 5.13 Å². The van der Waals surface area contributed by atoms with Gasteiger partial charge in [-0.25, -0.2) is 0 Å². The van der Waals surface area contributed by atoms with Crippen LogP contribution in [0.2, 0.25) is 0 Å². The lowest BCUT2D eigenvalue weighted by Gasteiger charge is -2.19. The minimum Gasteiger partial charge on any atom is -0.363 e. The molecular weight excluding hydrogens is 220 g/mol. The minimum absolute atomic E-state index is 0.836. The summed E-state index contributed by atoms with van der Waals surface area (Å²) in [6.45, 7) is 2.28. The van der Waals surface area contributed by atoms with Gasteiger partial charge in [0.25, 0.3) is 0 Å². The van der Waals surface area contributed by atoms with Crippen molar-refractivity contribution in [2.24, 2.45) is 5.92 Å². The van der Waals surface area contributed by atoms with Crippen LogP contribution in [0.25, 0.3) is 0 Å². The van der Waals surface area contributed by atoms with Gasteiger partial charge in [0.05, 0.1) is 6.54 Å². The highest BCUT2D eigenvalue weighted by Crippen LogP contribution is 2.35. The second-order valence-corrected chi connectivity index (χ2v) is 5.92. The van der Waals surface area contributed by atoms with Crippen LogP contribution in [0.1, 0.15) is 30.7 Å². The maximum atomic E-state index is 4.23. The van der Waals surface area contributed by atoms with E-state index in [4.69, 9.17) is 0 Å². The summed E-state index contributed by atoms with van der Waals surface area (Å²) in [6.07, 6.45) is 5.62. The van der Waals surface area contributed by atoms with Crippen LogP contribution in [0.3, 0.4) is 0 Å². The number of anilines is 1. The van der Waals surface area contributed by atoms with Crippen LogP contribution in [0.4, 0.5) is 5.13 Å². The molecule has 2 fully saturated rings. The average Bonchev–Trinajstić information content (AvgIpc) is 3.17. The zero-order valence-corrected chi connectivity index (χ0v) is 10.5. The van der Waals surface area contributed by atoms with E-state index < -0.39 is 0 Å². The molecule has 2 saturated carbocycles. The van der Waals surface area contributed by atoms with Gasteiger partial charge in [0, 0.05) is 19.6 Å². The van der Waals surface area contributed by atoms with E-state index in [-0.39, 0.29) is 0 Å². The van der Waals surface area contributed by atoms with E-state index in [1.807, 2.05) is 7.05 Å². The monoisotopic (exact) mass is 238 g/mol. The fourth-order valence-corrected chi connectivity index (χ4v) is 2.73. The largest absolute Gasteiger partial charge is 0.363 e. The molecule has 0 radical (unpaired) electrons. The third-order valence-corrected chi connectivity index (χ3v) is 4.20. The molecule has 16 heavy (non-hydrogen) atoms. The molecule has 0 bridgehead atoms. The maximum Gasteiger partial charge on any atom is 0.205 e. The van der Waals surface area contributed by atoms with Crippen LogP contribution in [-0.4, -0.2) is 34.7 Å². The number of nitrogens with zero attached hydrogens (tertiary/aromatic N) is 3. The Kier molecular flexibility index (Phi) is 2.81. The molecule has 0 saturated heterocycles. The number of aromatic nitrogens is 2. The second kappa shape index (κ2) is 4.30. The van der Waals surface area contributed by atoms with E-state index in [0.29, 0.717) is 0 Å². The molecule has 0 unspecified atom stereocenters. The zero-order chi connectivity index (χ0) is 11.0. The number of rotatable bonds is 6. The molecule has 1 N–H and O–H groups in total. The Morgan fingerprint density at radius 3 is 2.69 bits per heavy atom. The lowest BCUT2D eigenvalue weighted by molar-refractivity contribution is 0.243. The number of nitrogens with one attached hydrogen (secondary N) is 1. The first kappa shape index (κ1) is 10.5. The van der Waals surface area contributed by atoms with E-state index >= 15 is 0 Å². The molecule has 1 heterocycles. The van der Waals surface area contributed by atoms with Gasteiger partial charge < -0.3 is 5.32 Å². The molecule has 0 spiro atoms. The molecular formula is C11H18N4S. The normalized spacial score (nSPS) is 20.4. The molecule has 2 aliphatic carbocycles. The lowest BCUT2D eigenvalue weighted by atomic mass is 10.3. The van der Waals surface area contributed by atoms with Gasteiger partial charge in [-0.05, 0) is 31.6 Å². The van der Waals surface area contributed by atoms with Crippen molar-refractivity contribution in [2.75, 3.05) is 18.9 Å². The van der Waals surface area contributed by atoms with Gasteiger partial charge in [0.1, 0.15) is 5.01 Å². The first-order valence-electron chi connectivity index (χ1n) is 6.09. The average molecular weight is 238 g/mol. The minimum atomic E-state index is 0.836. The fraction of sp³-hybridized carbons (Fsp3) is 0.818. The van der Waals surface area contributed by atoms with Gasteiger partial charge in [-0.15, -0.1) is 10.2 Å². The summed E-state index contributed by atoms with van der Waals surface area (Å²) in [4.78, 5) is 2.61. The molecule has 0 aromatic carbocycles. The summed E-state index contributed by atoms with van der Waals surface area (Å²) in [5, 5.41) is 13.4. The highest BCUT2D eigenvalue weighted by molar-refractivity contribution is 7.15. The molecule has 0 atom stereocenters. The van der Waals surface area contributed by atoms with Crippen molar-refractivity contribution >= 4 is 16.5 Å². The smallest absolute Gasteiger partial charge is 0.205 e. The Morgan fingerprint density at radius 1 is 1.31 bits per heavy atom. The molecule has 3 rings (SSSR count). The summed E-state index contributed by atoms with van der Waals surface area (Å²) in [7, 11) is 1.90. The molecule has 5 heteroatoms. The summed E-state index contributed by atoms with van der Waals surface area (Å²) < 4.78 is 0. The summed E-state index contributed by atoms with van der Waals surface area (Å²) in [5.41, 5.74) is 0. The van der Waals surface area contributed by atoms with E-state index in [1.165, 1.54) is 32.2 Å². The van der Waals surface area contributed by atoms with Crippen LogP contribution in [0.15, 0.2) is 0 Å². The summed E-state index contributed by atoms with van der Waals surface area (Å²) >= 11 is 1.68. The van der Waals surface area contributed by atoms with Crippen molar-refractivity contribution in [3.05, 3.63) is 5.01 Å². The van der Waals surface area contributed by atoms with Gasteiger partial charge in [-0.3, -0.25) is 4.90 Å². The quantitative estimate of drug-likeness (QED) is 0.822. The summed E-state index contributed by atoms with van der Waals surface area (Å²) in [5.74, 6) is 0.970. The number of hydrogen-bond donors (Lipinski definition) is 1.